The molecule has 17 heteroatoms. The third kappa shape index (κ3) is 9.10. The van der Waals surface area contributed by atoms with E-state index in [1.165, 1.54) is 17.0 Å². The Morgan fingerprint density at radius 1 is 0.937 bits per heavy atom. The molecule has 0 radical (unpaired) electrons. The fourth-order valence-electron chi connectivity index (χ4n) is 7.22. The number of imidazole rings is 1. The minimum atomic E-state index is -3.84. The normalized spacial score (nSPS) is 15.0. The standard InChI is InChI=1S/C46H41F2N9O6/c1-45(2,3)38-23-39(55-54-38)52-44(62)51-31-11-13-32(14-12-31)57-26-50-35-22-33(15-17-36(35)57)63-20-4-5-27-6-9-30(10-7-27)46(47,48)43(61)49-24-28-8-16-34-29(21-28)25-56(42(34)60)37-18-19-40(58)53-41(37)59/h6-17,21-23,26,37H,18-20,24-25H2,1-3H3,(H,49,61)(H,53,58,59)(H3,51,52,54,55,62). The number of hydrogen-bond donors (Lipinski definition) is 5. The van der Waals surface area contributed by atoms with Gasteiger partial charge in [0.2, 0.25) is 11.8 Å². The van der Waals surface area contributed by atoms with Crippen LogP contribution in [-0.4, -0.2) is 67.0 Å². The summed E-state index contributed by atoms with van der Waals surface area (Å²) in [5, 5.41) is 17.2. The molecule has 0 spiro atoms. The van der Waals surface area contributed by atoms with Gasteiger partial charge in [-0.25, -0.2) is 9.78 Å². The predicted molar refractivity (Wildman–Crippen MR) is 228 cm³/mol. The van der Waals surface area contributed by atoms with E-state index in [4.69, 9.17) is 4.74 Å². The van der Waals surface area contributed by atoms with Gasteiger partial charge in [0.25, 0.3) is 11.8 Å². The number of carbonyl (C=O) groups excluding carboxylic acids is 5. The van der Waals surface area contributed by atoms with Crippen molar-refractivity contribution in [2.75, 3.05) is 17.2 Å². The van der Waals surface area contributed by atoms with E-state index in [9.17, 15) is 24.0 Å². The lowest BCUT2D eigenvalue weighted by Crippen LogP contribution is -2.52. The number of nitrogens with one attached hydrogen (secondary N) is 5. The Kier molecular flexibility index (Phi) is 11.2. The van der Waals surface area contributed by atoms with Crippen molar-refractivity contribution in [3.05, 3.63) is 131 Å². The van der Waals surface area contributed by atoms with Gasteiger partial charge in [0.1, 0.15) is 24.7 Å². The highest BCUT2D eigenvalue weighted by Gasteiger charge is 2.41. The monoisotopic (exact) mass is 853 g/mol. The first-order valence-corrected chi connectivity index (χ1v) is 20.0. The van der Waals surface area contributed by atoms with Crippen molar-refractivity contribution in [3.63, 3.8) is 0 Å². The van der Waals surface area contributed by atoms with Crippen LogP contribution in [0.25, 0.3) is 16.7 Å². The molecule has 6 amide bonds. The molecule has 6 aromatic rings. The summed E-state index contributed by atoms with van der Waals surface area (Å²) in [6.45, 7) is 6.06. The molecule has 1 saturated heterocycles. The van der Waals surface area contributed by atoms with Gasteiger partial charge in [-0.2, -0.15) is 13.9 Å². The van der Waals surface area contributed by atoms with Gasteiger partial charge in [-0.15, -0.1) is 0 Å². The molecule has 0 aliphatic carbocycles. The highest BCUT2D eigenvalue weighted by Crippen LogP contribution is 2.31. The summed E-state index contributed by atoms with van der Waals surface area (Å²) in [5.74, 6) is 0.0935. The number of nitrogens with zero attached hydrogens (tertiary/aromatic N) is 4. The van der Waals surface area contributed by atoms with Crippen LogP contribution < -0.4 is 26.0 Å². The second-order valence-corrected chi connectivity index (χ2v) is 16.1. The molecule has 5 N–H and O–H groups in total. The van der Waals surface area contributed by atoms with E-state index in [0.29, 0.717) is 45.0 Å². The molecule has 2 aliphatic rings. The Labute approximate surface area is 359 Å². The number of rotatable bonds is 10. The van der Waals surface area contributed by atoms with Gasteiger partial charge in [-0.1, -0.05) is 56.9 Å². The highest BCUT2D eigenvalue weighted by molar-refractivity contribution is 6.05. The van der Waals surface area contributed by atoms with Crippen molar-refractivity contribution in [2.24, 2.45) is 0 Å². The third-order valence-electron chi connectivity index (χ3n) is 10.7. The third-order valence-corrected chi connectivity index (χ3v) is 10.7. The van der Waals surface area contributed by atoms with E-state index in [0.717, 1.165) is 29.0 Å². The number of imide groups is 1. The Balaban J connectivity index is 0.808. The number of alkyl halides is 2. The van der Waals surface area contributed by atoms with Gasteiger partial charge < -0.3 is 20.3 Å². The number of aromatic amines is 1. The van der Waals surface area contributed by atoms with Crippen molar-refractivity contribution in [3.8, 4) is 23.3 Å². The van der Waals surface area contributed by atoms with Gasteiger partial charge in [-0.05, 0) is 72.1 Å². The zero-order chi connectivity index (χ0) is 44.5. The number of carbonyl (C=O) groups is 5. The number of urea groups is 1. The number of ether oxygens (including phenoxy) is 1. The molecule has 4 heterocycles. The van der Waals surface area contributed by atoms with E-state index in [2.05, 4.69) is 48.3 Å². The first-order chi connectivity index (χ1) is 30.1. The van der Waals surface area contributed by atoms with Crippen LogP contribution >= 0.6 is 0 Å². The van der Waals surface area contributed by atoms with Gasteiger partial charge in [0.15, 0.2) is 5.82 Å². The number of amides is 6. The van der Waals surface area contributed by atoms with Crippen LogP contribution in [0.5, 0.6) is 5.75 Å². The lowest BCUT2D eigenvalue weighted by atomic mass is 9.92. The summed E-state index contributed by atoms with van der Waals surface area (Å²) < 4.78 is 38.1. The largest absolute Gasteiger partial charge is 0.481 e. The van der Waals surface area contributed by atoms with E-state index >= 15 is 8.78 Å². The second-order valence-electron chi connectivity index (χ2n) is 16.1. The van der Waals surface area contributed by atoms with Crippen LogP contribution in [0.4, 0.5) is 25.1 Å². The quantitative estimate of drug-likeness (QED) is 0.0784. The molecular weight excluding hydrogens is 813 g/mol. The predicted octanol–water partition coefficient (Wildman–Crippen LogP) is 6.29. The van der Waals surface area contributed by atoms with Crippen LogP contribution in [0.3, 0.4) is 0 Å². The van der Waals surface area contributed by atoms with Crippen LogP contribution in [0.2, 0.25) is 0 Å². The molecule has 1 fully saturated rings. The Hall–Kier alpha value is -7.87. The molecule has 4 aromatic carbocycles. The number of halogens is 2. The number of anilines is 2. The first kappa shape index (κ1) is 41.8. The molecule has 320 valence electrons. The van der Waals surface area contributed by atoms with Crippen LogP contribution in [0.15, 0.2) is 97.3 Å². The average molecular weight is 854 g/mol. The average Bonchev–Trinajstić information content (AvgIpc) is 3.99. The highest BCUT2D eigenvalue weighted by atomic mass is 19.3. The molecule has 63 heavy (non-hydrogen) atoms. The minimum absolute atomic E-state index is 0.0122. The van der Waals surface area contributed by atoms with Crippen LogP contribution in [0, 0.1) is 11.8 Å². The number of hydrogen-bond acceptors (Lipinski definition) is 8. The fraction of sp³-hybridized carbons (Fsp3) is 0.239. The van der Waals surface area contributed by atoms with E-state index in [-0.39, 0.29) is 49.8 Å². The minimum Gasteiger partial charge on any atom is -0.481 e. The van der Waals surface area contributed by atoms with E-state index in [1.807, 2.05) is 43.5 Å². The Morgan fingerprint density at radius 3 is 2.44 bits per heavy atom. The SMILES string of the molecule is CC(C)(C)c1cc(NC(=O)Nc2ccc(-n3cnc4cc(OCC#Cc5ccc(C(F)(F)C(=O)NCc6ccc7c(c6)CN(C6CCC(=O)NC6=O)C7=O)cc5)ccc43)cc2)n[nH]1. The second kappa shape index (κ2) is 16.9. The molecule has 15 nitrogen and oxygen atoms in total. The molecule has 2 aromatic heterocycles. The van der Waals surface area contributed by atoms with Crippen molar-refractivity contribution >= 4 is 52.2 Å². The molecule has 1 unspecified atom stereocenters. The number of H-pyrrole nitrogens is 1. The number of benzene rings is 4. The van der Waals surface area contributed by atoms with Gasteiger partial charge in [-0.3, -0.25) is 39.5 Å². The smallest absolute Gasteiger partial charge is 0.349 e. The number of piperidine rings is 1. The fourth-order valence-corrected chi connectivity index (χ4v) is 7.22. The van der Waals surface area contributed by atoms with Crippen LogP contribution in [0.1, 0.15) is 71.9 Å². The molecule has 8 rings (SSSR count). The van der Waals surface area contributed by atoms with Crippen molar-refractivity contribution in [1.29, 1.82) is 0 Å². The maximum absolute atomic E-state index is 15.2. The lowest BCUT2D eigenvalue weighted by molar-refractivity contribution is -0.147. The molecular formula is C46H41F2N9O6. The Bertz CT molecular complexity index is 2840. The molecule has 0 bridgehead atoms. The lowest BCUT2D eigenvalue weighted by Gasteiger charge is -2.29. The van der Waals surface area contributed by atoms with Crippen molar-refractivity contribution in [1.82, 2.24) is 35.3 Å². The maximum Gasteiger partial charge on any atom is 0.349 e. The summed E-state index contributed by atoms with van der Waals surface area (Å²) in [7, 11) is 0. The zero-order valence-electron chi connectivity index (χ0n) is 34.3. The number of fused-ring (bicyclic) bond motifs is 2. The molecule has 0 saturated carbocycles. The summed E-state index contributed by atoms with van der Waals surface area (Å²) in [5.41, 5.74) is 5.10. The van der Waals surface area contributed by atoms with E-state index in [1.54, 1.807) is 54.9 Å². The topological polar surface area (TPSA) is 192 Å². The van der Waals surface area contributed by atoms with E-state index < -0.39 is 35.4 Å². The van der Waals surface area contributed by atoms with Crippen molar-refractivity contribution in [2.45, 2.75) is 64.1 Å². The Morgan fingerprint density at radius 2 is 1.71 bits per heavy atom. The summed E-state index contributed by atoms with van der Waals surface area (Å²) in [6.07, 6.45) is 2.02. The van der Waals surface area contributed by atoms with Gasteiger partial charge >= 0.3 is 12.0 Å². The summed E-state index contributed by atoms with van der Waals surface area (Å²) >= 11 is 0. The van der Waals surface area contributed by atoms with Gasteiger partial charge in [0, 0.05) is 70.8 Å². The maximum atomic E-state index is 15.2. The number of aromatic nitrogens is 4. The van der Waals surface area contributed by atoms with Gasteiger partial charge in [0.05, 0.1) is 11.0 Å². The first-order valence-electron chi connectivity index (χ1n) is 20.0. The summed E-state index contributed by atoms with van der Waals surface area (Å²) in [6, 6.07) is 23.1. The van der Waals surface area contributed by atoms with Crippen LogP contribution in [-0.2, 0) is 38.8 Å². The zero-order valence-corrected chi connectivity index (χ0v) is 34.3. The molecule has 1 atom stereocenters. The van der Waals surface area contributed by atoms with Crippen molar-refractivity contribution < 1.29 is 37.5 Å². The summed E-state index contributed by atoms with van der Waals surface area (Å²) in [4.78, 5) is 68.0. The molecule has 2 aliphatic heterocycles.